The fraction of sp³-hybridized carbons (Fsp3) is 0.0769. The molecule has 0 saturated heterocycles. The zero-order valence-corrected chi connectivity index (χ0v) is 10.7. The minimum atomic E-state index is -0.735. The highest BCUT2D eigenvalue weighted by Gasteiger charge is 2.13. The first-order chi connectivity index (χ1) is 8.99. The van der Waals surface area contributed by atoms with E-state index < -0.39 is 17.2 Å². The topological polar surface area (TPSA) is 62.0 Å². The maximum absolute atomic E-state index is 13.6. The Morgan fingerprint density at radius 2 is 2.16 bits per heavy atom. The molecule has 0 aliphatic heterocycles. The molecule has 0 aliphatic rings. The SMILES string of the molecule is Cc1cc(=O)c(C(=O)Nc2cccc(Cl)c2F)c[nH]1. The predicted octanol–water partition coefficient (Wildman–Crippen LogP) is 2.73. The number of carbonyl (C=O) groups excluding carboxylic acids is 1. The molecule has 2 N–H and O–H groups in total. The number of aryl methyl sites for hydroxylation is 1. The van der Waals surface area contributed by atoms with E-state index in [0.717, 1.165) is 0 Å². The van der Waals surface area contributed by atoms with E-state index in [2.05, 4.69) is 10.3 Å². The first-order valence-electron chi connectivity index (χ1n) is 5.43. The molecule has 0 aliphatic carbocycles. The zero-order valence-electron chi connectivity index (χ0n) is 9.96. The molecule has 2 rings (SSSR count). The van der Waals surface area contributed by atoms with Crippen molar-refractivity contribution in [3.8, 4) is 0 Å². The van der Waals surface area contributed by atoms with Crippen LogP contribution in [-0.2, 0) is 0 Å². The van der Waals surface area contributed by atoms with Crippen LogP contribution in [0, 0.1) is 12.7 Å². The summed E-state index contributed by atoms with van der Waals surface area (Å²) >= 11 is 5.60. The van der Waals surface area contributed by atoms with Crippen LogP contribution in [0.3, 0.4) is 0 Å². The smallest absolute Gasteiger partial charge is 0.261 e. The van der Waals surface area contributed by atoms with Gasteiger partial charge in [0.25, 0.3) is 5.91 Å². The standard InChI is InChI=1S/C13H10ClFN2O2/c1-7-5-11(18)8(6-16-7)13(19)17-10-4-2-3-9(14)12(10)15/h2-6H,1H3,(H,16,18)(H,17,19). The normalized spacial score (nSPS) is 10.3. The number of aromatic nitrogens is 1. The molecular weight excluding hydrogens is 271 g/mol. The molecule has 0 unspecified atom stereocenters. The fourth-order valence-electron chi connectivity index (χ4n) is 1.54. The number of aromatic amines is 1. The fourth-order valence-corrected chi connectivity index (χ4v) is 1.72. The molecule has 1 aromatic carbocycles. The number of H-pyrrole nitrogens is 1. The second kappa shape index (κ2) is 5.24. The maximum atomic E-state index is 13.6. The van der Waals surface area contributed by atoms with E-state index >= 15 is 0 Å². The summed E-state index contributed by atoms with van der Waals surface area (Å²) in [6.07, 6.45) is 1.29. The number of pyridine rings is 1. The molecule has 0 spiro atoms. The lowest BCUT2D eigenvalue weighted by Crippen LogP contribution is -2.22. The summed E-state index contributed by atoms with van der Waals surface area (Å²) in [7, 11) is 0. The Labute approximate surface area is 113 Å². The first-order valence-corrected chi connectivity index (χ1v) is 5.81. The molecule has 1 amide bonds. The van der Waals surface area contributed by atoms with E-state index in [9.17, 15) is 14.0 Å². The third-order valence-electron chi connectivity index (χ3n) is 2.50. The molecule has 0 fully saturated rings. The molecule has 0 radical (unpaired) electrons. The van der Waals surface area contributed by atoms with Gasteiger partial charge in [-0.1, -0.05) is 17.7 Å². The Balaban J connectivity index is 2.31. The predicted molar refractivity (Wildman–Crippen MR) is 71.2 cm³/mol. The van der Waals surface area contributed by atoms with Crippen LogP contribution in [0.2, 0.25) is 5.02 Å². The molecular formula is C13H10ClFN2O2. The van der Waals surface area contributed by atoms with Crippen molar-refractivity contribution in [3.63, 3.8) is 0 Å². The van der Waals surface area contributed by atoms with Crippen molar-refractivity contribution in [1.29, 1.82) is 0 Å². The van der Waals surface area contributed by atoms with Crippen LogP contribution in [0.5, 0.6) is 0 Å². The van der Waals surface area contributed by atoms with Gasteiger partial charge >= 0.3 is 0 Å². The van der Waals surface area contributed by atoms with Crippen molar-refractivity contribution in [3.05, 3.63) is 62.8 Å². The monoisotopic (exact) mass is 280 g/mol. The van der Waals surface area contributed by atoms with Crippen LogP contribution in [0.25, 0.3) is 0 Å². The Morgan fingerprint density at radius 3 is 2.84 bits per heavy atom. The van der Waals surface area contributed by atoms with Crippen molar-refractivity contribution in [2.75, 3.05) is 5.32 Å². The van der Waals surface area contributed by atoms with Gasteiger partial charge in [-0.05, 0) is 19.1 Å². The van der Waals surface area contributed by atoms with E-state index in [0.29, 0.717) is 5.69 Å². The highest BCUT2D eigenvalue weighted by Crippen LogP contribution is 2.22. The van der Waals surface area contributed by atoms with Gasteiger partial charge in [-0.15, -0.1) is 0 Å². The molecule has 6 heteroatoms. The Bertz CT molecular complexity index is 697. The number of rotatable bonds is 2. The van der Waals surface area contributed by atoms with Crippen molar-refractivity contribution >= 4 is 23.2 Å². The summed E-state index contributed by atoms with van der Waals surface area (Å²) < 4.78 is 13.6. The van der Waals surface area contributed by atoms with Crippen LogP contribution in [-0.4, -0.2) is 10.9 Å². The summed E-state index contributed by atoms with van der Waals surface area (Å²) in [5, 5.41) is 2.21. The van der Waals surface area contributed by atoms with Gasteiger partial charge in [0.15, 0.2) is 11.2 Å². The lowest BCUT2D eigenvalue weighted by Gasteiger charge is -2.07. The quantitative estimate of drug-likeness (QED) is 0.888. The largest absolute Gasteiger partial charge is 0.364 e. The van der Waals surface area contributed by atoms with Crippen molar-refractivity contribution in [2.45, 2.75) is 6.92 Å². The van der Waals surface area contributed by atoms with Crippen LogP contribution in [0.15, 0.2) is 35.3 Å². The van der Waals surface area contributed by atoms with Gasteiger partial charge in [0.05, 0.1) is 10.7 Å². The Kier molecular flexibility index (Phi) is 3.66. The van der Waals surface area contributed by atoms with Crippen molar-refractivity contribution in [1.82, 2.24) is 4.98 Å². The van der Waals surface area contributed by atoms with Crippen LogP contribution in [0.4, 0.5) is 10.1 Å². The van der Waals surface area contributed by atoms with Crippen LogP contribution >= 0.6 is 11.6 Å². The second-order valence-corrected chi connectivity index (χ2v) is 4.36. The number of hydrogen-bond donors (Lipinski definition) is 2. The van der Waals surface area contributed by atoms with E-state index in [1.165, 1.54) is 30.5 Å². The maximum Gasteiger partial charge on any atom is 0.261 e. The number of halogens is 2. The highest BCUT2D eigenvalue weighted by atomic mass is 35.5. The van der Waals surface area contributed by atoms with Crippen molar-refractivity contribution < 1.29 is 9.18 Å². The van der Waals surface area contributed by atoms with Gasteiger partial charge in [0, 0.05) is 18.0 Å². The zero-order chi connectivity index (χ0) is 14.0. The molecule has 0 saturated carbocycles. The molecule has 1 aromatic heterocycles. The van der Waals surface area contributed by atoms with Crippen LogP contribution < -0.4 is 10.7 Å². The van der Waals surface area contributed by atoms with Gasteiger partial charge in [-0.3, -0.25) is 9.59 Å². The van der Waals surface area contributed by atoms with E-state index in [4.69, 9.17) is 11.6 Å². The minimum Gasteiger partial charge on any atom is -0.364 e. The van der Waals surface area contributed by atoms with E-state index in [1.807, 2.05) is 0 Å². The summed E-state index contributed by atoms with van der Waals surface area (Å²) in [6, 6.07) is 5.52. The third kappa shape index (κ3) is 2.82. The van der Waals surface area contributed by atoms with E-state index in [1.54, 1.807) is 6.92 Å². The molecule has 4 nitrogen and oxygen atoms in total. The number of hydrogen-bond acceptors (Lipinski definition) is 2. The van der Waals surface area contributed by atoms with Gasteiger partial charge < -0.3 is 10.3 Å². The average Bonchev–Trinajstić information content (AvgIpc) is 2.34. The van der Waals surface area contributed by atoms with Gasteiger partial charge in [-0.25, -0.2) is 4.39 Å². The molecule has 0 bridgehead atoms. The molecule has 0 atom stereocenters. The Hall–Kier alpha value is -2.14. The number of anilines is 1. The first kappa shape index (κ1) is 13.3. The molecule has 2 aromatic rings. The number of nitrogens with one attached hydrogen (secondary N) is 2. The molecule has 19 heavy (non-hydrogen) atoms. The highest BCUT2D eigenvalue weighted by molar-refractivity contribution is 6.31. The van der Waals surface area contributed by atoms with Crippen molar-refractivity contribution in [2.24, 2.45) is 0 Å². The lowest BCUT2D eigenvalue weighted by molar-refractivity contribution is 0.102. The molecule has 98 valence electrons. The third-order valence-corrected chi connectivity index (χ3v) is 2.79. The summed E-state index contributed by atoms with van der Waals surface area (Å²) in [5.74, 6) is -1.43. The number of benzene rings is 1. The average molecular weight is 281 g/mol. The van der Waals surface area contributed by atoms with E-state index in [-0.39, 0.29) is 16.3 Å². The van der Waals surface area contributed by atoms with Gasteiger partial charge in [-0.2, -0.15) is 0 Å². The summed E-state index contributed by atoms with van der Waals surface area (Å²) in [4.78, 5) is 26.2. The molecule has 1 heterocycles. The lowest BCUT2D eigenvalue weighted by atomic mass is 10.2. The Morgan fingerprint density at radius 1 is 1.42 bits per heavy atom. The number of carbonyl (C=O) groups is 1. The minimum absolute atomic E-state index is 0.0718. The van der Waals surface area contributed by atoms with Gasteiger partial charge in [0.1, 0.15) is 5.56 Å². The van der Waals surface area contributed by atoms with Gasteiger partial charge in [0.2, 0.25) is 0 Å². The summed E-state index contributed by atoms with van der Waals surface area (Å²) in [6.45, 7) is 1.69. The van der Waals surface area contributed by atoms with Crippen LogP contribution in [0.1, 0.15) is 16.1 Å². The number of amides is 1. The summed E-state index contributed by atoms with van der Waals surface area (Å²) in [5.41, 5.74) is 0.0362. The second-order valence-electron chi connectivity index (χ2n) is 3.95.